The standard InChI is InChI=1S/C28H39N3O4S/c1-21-12-11-13-22(2)27(21)31(36(4,34)35)20-26(32)30(19-18-24-14-7-5-8-15-24)23(3)28(33)29-25-16-9-6-10-17-25/h5,7-8,11-15,23,25H,6,9-10,16-20H2,1-4H3,(H,29,33). The summed E-state index contributed by atoms with van der Waals surface area (Å²) in [5.74, 6) is -0.591. The number of nitrogens with zero attached hydrogens (tertiary/aromatic N) is 2. The van der Waals surface area contributed by atoms with Crippen molar-refractivity contribution in [2.24, 2.45) is 0 Å². The number of sulfonamides is 1. The van der Waals surface area contributed by atoms with Gasteiger partial charge >= 0.3 is 0 Å². The zero-order valence-corrected chi connectivity index (χ0v) is 22.7. The second kappa shape index (κ2) is 12.4. The number of carbonyl (C=O) groups is 2. The Morgan fingerprint density at radius 3 is 2.17 bits per heavy atom. The summed E-state index contributed by atoms with van der Waals surface area (Å²) in [4.78, 5) is 28.4. The summed E-state index contributed by atoms with van der Waals surface area (Å²) in [6.07, 6.45) is 6.94. The molecule has 1 N–H and O–H groups in total. The summed E-state index contributed by atoms with van der Waals surface area (Å²) < 4.78 is 26.8. The Hall–Kier alpha value is -2.87. The molecular formula is C28H39N3O4S. The average molecular weight is 514 g/mol. The van der Waals surface area contributed by atoms with Gasteiger partial charge in [-0.25, -0.2) is 8.42 Å². The lowest BCUT2D eigenvalue weighted by atomic mass is 9.95. The summed E-state index contributed by atoms with van der Waals surface area (Å²) in [6, 6.07) is 14.7. The molecule has 2 amide bonds. The van der Waals surface area contributed by atoms with Crippen LogP contribution in [-0.2, 0) is 26.0 Å². The van der Waals surface area contributed by atoms with Crippen LogP contribution in [0.5, 0.6) is 0 Å². The molecule has 1 saturated carbocycles. The maximum absolute atomic E-state index is 13.7. The second-order valence-corrected chi connectivity index (χ2v) is 11.8. The topological polar surface area (TPSA) is 86.8 Å². The van der Waals surface area contributed by atoms with E-state index < -0.39 is 22.0 Å². The number of benzene rings is 2. The number of para-hydroxylation sites is 1. The number of rotatable bonds is 10. The SMILES string of the molecule is Cc1cccc(C)c1N(CC(=O)N(CCc1ccccc1)C(C)C(=O)NC1CCCCC1)S(C)(=O)=O. The Morgan fingerprint density at radius 2 is 1.58 bits per heavy atom. The van der Waals surface area contributed by atoms with Gasteiger partial charge < -0.3 is 10.2 Å². The molecular weight excluding hydrogens is 474 g/mol. The minimum absolute atomic E-state index is 0.127. The first-order valence-electron chi connectivity index (χ1n) is 12.8. The summed E-state index contributed by atoms with van der Waals surface area (Å²) in [6.45, 7) is 5.34. The first-order chi connectivity index (χ1) is 17.1. The Morgan fingerprint density at radius 1 is 0.972 bits per heavy atom. The molecule has 1 unspecified atom stereocenters. The maximum Gasteiger partial charge on any atom is 0.244 e. The lowest BCUT2D eigenvalue weighted by Crippen LogP contribution is -2.53. The van der Waals surface area contributed by atoms with Gasteiger partial charge in [0.15, 0.2) is 0 Å². The Kier molecular flexibility index (Phi) is 9.54. The first kappa shape index (κ1) is 27.7. The molecule has 0 bridgehead atoms. The van der Waals surface area contributed by atoms with Gasteiger partial charge in [-0.05, 0) is 56.7 Å². The van der Waals surface area contributed by atoms with E-state index in [4.69, 9.17) is 0 Å². The van der Waals surface area contributed by atoms with Crippen LogP contribution < -0.4 is 9.62 Å². The van der Waals surface area contributed by atoms with Crippen LogP contribution in [0.15, 0.2) is 48.5 Å². The van der Waals surface area contributed by atoms with E-state index in [1.165, 1.54) is 15.6 Å². The van der Waals surface area contributed by atoms with Crippen molar-refractivity contribution >= 4 is 27.5 Å². The largest absolute Gasteiger partial charge is 0.352 e. The number of aryl methyl sites for hydroxylation is 2. The van der Waals surface area contributed by atoms with E-state index in [0.717, 1.165) is 48.6 Å². The minimum atomic E-state index is -3.74. The van der Waals surface area contributed by atoms with Crippen LogP contribution in [0.4, 0.5) is 5.69 Å². The van der Waals surface area contributed by atoms with Crippen LogP contribution in [0.2, 0.25) is 0 Å². The molecule has 1 aliphatic carbocycles. The molecule has 0 aliphatic heterocycles. The van der Waals surface area contributed by atoms with Crippen LogP contribution in [0, 0.1) is 13.8 Å². The van der Waals surface area contributed by atoms with Crippen molar-refractivity contribution in [2.75, 3.05) is 23.7 Å². The van der Waals surface area contributed by atoms with Gasteiger partial charge in [-0.15, -0.1) is 0 Å². The van der Waals surface area contributed by atoms with Gasteiger partial charge in [0, 0.05) is 12.6 Å². The number of carbonyl (C=O) groups excluding carboxylic acids is 2. The molecule has 0 aromatic heterocycles. The molecule has 1 atom stereocenters. The number of nitrogens with one attached hydrogen (secondary N) is 1. The highest BCUT2D eigenvalue weighted by molar-refractivity contribution is 7.92. The molecule has 1 fully saturated rings. The van der Waals surface area contributed by atoms with Crippen LogP contribution in [0.25, 0.3) is 0 Å². The molecule has 196 valence electrons. The lowest BCUT2D eigenvalue weighted by molar-refractivity contribution is -0.139. The molecule has 0 saturated heterocycles. The molecule has 2 aromatic carbocycles. The summed E-state index contributed by atoms with van der Waals surface area (Å²) >= 11 is 0. The predicted molar refractivity (Wildman–Crippen MR) is 144 cm³/mol. The summed E-state index contributed by atoms with van der Waals surface area (Å²) in [7, 11) is -3.74. The Labute approximate surface area is 215 Å². The van der Waals surface area contributed by atoms with Crippen molar-refractivity contribution in [3.8, 4) is 0 Å². The molecule has 0 heterocycles. The van der Waals surface area contributed by atoms with Crippen LogP contribution >= 0.6 is 0 Å². The highest BCUT2D eigenvalue weighted by atomic mass is 32.2. The molecule has 2 aromatic rings. The van der Waals surface area contributed by atoms with E-state index in [9.17, 15) is 18.0 Å². The van der Waals surface area contributed by atoms with E-state index in [1.807, 2.05) is 62.4 Å². The van der Waals surface area contributed by atoms with E-state index in [2.05, 4.69) is 5.32 Å². The molecule has 8 heteroatoms. The fraction of sp³-hybridized carbons (Fsp3) is 0.500. The van der Waals surface area contributed by atoms with Crippen LogP contribution in [0.1, 0.15) is 55.7 Å². The zero-order valence-electron chi connectivity index (χ0n) is 21.9. The lowest BCUT2D eigenvalue weighted by Gasteiger charge is -2.33. The van der Waals surface area contributed by atoms with Gasteiger partial charge in [-0.2, -0.15) is 0 Å². The van der Waals surface area contributed by atoms with E-state index in [1.54, 1.807) is 6.92 Å². The van der Waals surface area contributed by atoms with E-state index in [0.29, 0.717) is 18.7 Å². The van der Waals surface area contributed by atoms with E-state index >= 15 is 0 Å². The molecule has 0 spiro atoms. The second-order valence-electron chi connectivity index (χ2n) is 9.85. The predicted octanol–water partition coefficient (Wildman–Crippen LogP) is 3.98. The normalized spacial score (nSPS) is 15.2. The highest BCUT2D eigenvalue weighted by Crippen LogP contribution is 2.27. The molecule has 36 heavy (non-hydrogen) atoms. The minimum Gasteiger partial charge on any atom is -0.352 e. The van der Waals surface area contributed by atoms with Crippen molar-refractivity contribution in [2.45, 2.75) is 71.4 Å². The van der Waals surface area contributed by atoms with Gasteiger partial charge in [-0.1, -0.05) is 67.8 Å². The average Bonchev–Trinajstić information content (AvgIpc) is 2.84. The third-order valence-corrected chi connectivity index (χ3v) is 8.08. The van der Waals surface area contributed by atoms with Crippen molar-refractivity contribution < 1.29 is 18.0 Å². The molecule has 1 aliphatic rings. The molecule has 0 radical (unpaired) electrons. The fourth-order valence-electron chi connectivity index (χ4n) is 4.91. The Balaban J connectivity index is 1.85. The monoisotopic (exact) mass is 513 g/mol. The number of anilines is 1. The van der Waals surface area contributed by atoms with Gasteiger partial charge in [-0.3, -0.25) is 13.9 Å². The zero-order chi connectivity index (χ0) is 26.3. The molecule has 7 nitrogen and oxygen atoms in total. The quantitative estimate of drug-likeness (QED) is 0.521. The van der Waals surface area contributed by atoms with Crippen LogP contribution in [-0.4, -0.2) is 56.6 Å². The molecule has 3 rings (SSSR count). The number of amides is 2. The van der Waals surface area contributed by atoms with Crippen molar-refractivity contribution in [1.82, 2.24) is 10.2 Å². The number of hydrogen-bond donors (Lipinski definition) is 1. The maximum atomic E-state index is 13.7. The summed E-state index contributed by atoms with van der Waals surface area (Å²) in [5, 5.41) is 3.12. The van der Waals surface area contributed by atoms with Gasteiger partial charge in [0.05, 0.1) is 11.9 Å². The van der Waals surface area contributed by atoms with E-state index in [-0.39, 0.29) is 18.5 Å². The summed E-state index contributed by atoms with van der Waals surface area (Å²) in [5.41, 5.74) is 3.10. The third-order valence-electron chi connectivity index (χ3n) is 6.97. The van der Waals surface area contributed by atoms with Crippen molar-refractivity contribution in [3.63, 3.8) is 0 Å². The van der Waals surface area contributed by atoms with Gasteiger partial charge in [0.1, 0.15) is 12.6 Å². The smallest absolute Gasteiger partial charge is 0.244 e. The van der Waals surface area contributed by atoms with Crippen molar-refractivity contribution in [3.05, 3.63) is 65.2 Å². The van der Waals surface area contributed by atoms with Gasteiger partial charge in [0.25, 0.3) is 0 Å². The highest BCUT2D eigenvalue weighted by Gasteiger charge is 2.31. The van der Waals surface area contributed by atoms with Crippen molar-refractivity contribution in [1.29, 1.82) is 0 Å². The Bertz CT molecular complexity index is 1120. The number of hydrogen-bond acceptors (Lipinski definition) is 4. The van der Waals surface area contributed by atoms with Crippen LogP contribution in [0.3, 0.4) is 0 Å². The van der Waals surface area contributed by atoms with Gasteiger partial charge in [0.2, 0.25) is 21.8 Å². The fourth-order valence-corrected chi connectivity index (χ4v) is 5.88. The third kappa shape index (κ3) is 7.32. The first-order valence-corrected chi connectivity index (χ1v) is 14.6.